The number of hydrogen-bond acceptors (Lipinski definition) is 3. The summed E-state index contributed by atoms with van der Waals surface area (Å²) in [4.78, 5) is 2.59. The highest BCUT2D eigenvalue weighted by Crippen LogP contribution is 2.19. The first-order valence-corrected chi connectivity index (χ1v) is 6.80. The predicted octanol–water partition coefficient (Wildman–Crippen LogP) is 1.80. The highest BCUT2D eigenvalue weighted by atomic mass is 32.2. The van der Waals surface area contributed by atoms with Crippen molar-refractivity contribution < 1.29 is 0 Å². The van der Waals surface area contributed by atoms with Gasteiger partial charge in [-0.25, -0.2) is 0 Å². The molecule has 2 nitrogen and oxygen atoms in total. The minimum absolute atomic E-state index is 0.319. The van der Waals surface area contributed by atoms with E-state index in [1.165, 1.54) is 44.0 Å². The predicted molar refractivity (Wildman–Crippen MR) is 65.8 cm³/mol. The van der Waals surface area contributed by atoms with Gasteiger partial charge in [0, 0.05) is 12.3 Å². The van der Waals surface area contributed by atoms with Crippen LogP contribution in [-0.2, 0) is 0 Å². The van der Waals surface area contributed by atoms with Crippen molar-refractivity contribution in [2.24, 2.45) is 11.1 Å². The van der Waals surface area contributed by atoms with E-state index < -0.39 is 0 Å². The third-order valence-corrected chi connectivity index (χ3v) is 4.02. The van der Waals surface area contributed by atoms with Crippen molar-refractivity contribution >= 4 is 11.8 Å². The second-order valence-corrected chi connectivity index (χ2v) is 6.15. The van der Waals surface area contributed by atoms with Gasteiger partial charge in [0.05, 0.1) is 0 Å². The lowest BCUT2D eigenvalue weighted by atomic mass is 9.89. The molecule has 0 unspecified atom stereocenters. The van der Waals surface area contributed by atoms with Crippen LogP contribution in [0.2, 0.25) is 0 Å². The molecule has 0 saturated carbocycles. The van der Waals surface area contributed by atoms with Crippen LogP contribution in [0.3, 0.4) is 0 Å². The summed E-state index contributed by atoms with van der Waals surface area (Å²) in [6.07, 6.45) is 2.59. The minimum Gasteiger partial charge on any atom is -0.330 e. The van der Waals surface area contributed by atoms with E-state index in [1.807, 2.05) is 0 Å². The summed E-state index contributed by atoms with van der Waals surface area (Å²) in [6.45, 7) is 9.11. The van der Waals surface area contributed by atoms with Gasteiger partial charge in [0.25, 0.3) is 0 Å². The quantitative estimate of drug-likeness (QED) is 0.777. The van der Waals surface area contributed by atoms with Gasteiger partial charge in [-0.3, -0.25) is 0 Å². The molecule has 0 atom stereocenters. The molecule has 84 valence electrons. The molecule has 0 bridgehead atoms. The van der Waals surface area contributed by atoms with Crippen LogP contribution in [0.4, 0.5) is 0 Å². The summed E-state index contributed by atoms with van der Waals surface area (Å²) in [7, 11) is 0. The molecule has 14 heavy (non-hydrogen) atoms. The molecule has 0 spiro atoms. The molecule has 2 N–H and O–H groups in total. The Morgan fingerprint density at radius 1 is 1.29 bits per heavy atom. The Labute approximate surface area is 92.6 Å². The molecule has 3 heteroatoms. The van der Waals surface area contributed by atoms with E-state index >= 15 is 0 Å². The number of nitrogens with two attached hydrogens (primary N) is 1. The van der Waals surface area contributed by atoms with Crippen molar-refractivity contribution in [1.82, 2.24) is 4.90 Å². The van der Waals surface area contributed by atoms with Crippen LogP contribution in [0.15, 0.2) is 0 Å². The van der Waals surface area contributed by atoms with Gasteiger partial charge >= 0.3 is 0 Å². The monoisotopic (exact) mass is 216 g/mol. The molecule has 0 aromatic heterocycles. The van der Waals surface area contributed by atoms with Gasteiger partial charge in [-0.15, -0.1) is 0 Å². The summed E-state index contributed by atoms with van der Waals surface area (Å²) in [5.74, 6) is 2.65. The van der Waals surface area contributed by atoms with Crippen LogP contribution in [-0.4, -0.2) is 42.6 Å². The summed E-state index contributed by atoms with van der Waals surface area (Å²) < 4.78 is 0. The second-order valence-electron chi connectivity index (χ2n) is 4.93. The molecule has 0 aromatic rings. The molecule has 1 saturated heterocycles. The lowest BCUT2D eigenvalue weighted by molar-refractivity contribution is 0.233. The third kappa shape index (κ3) is 4.67. The zero-order valence-electron chi connectivity index (χ0n) is 9.59. The van der Waals surface area contributed by atoms with Crippen molar-refractivity contribution in [3.8, 4) is 0 Å². The van der Waals surface area contributed by atoms with E-state index in [2.05, 4.69) is 30.5 Å². The van der Waals surface area contributed by atoms with Crippen LogP contribution in [0.5, 0.6) is 0 Å². The lowest BCUT2D eigenvalue weighted by Gasteiger charge is -2.27. The highest BCUT2D eigenvalue weighted by molar-refractivity contribution is 7.99. The molecule has 1 aliphatic heterocycles. The maximum atomic E-state index is 5.73. The van der Waals surface area contributed by atoms with E-state index in [-0.39, 0.29) is 0 Å². The first-order chi connectivity index (χ1) is 6.64. The van der Waals surface area contributed by atoms with Crippen molar-refractivity contribution in [2.75, 3.05) is 37.7 Å². The smallest absolute Gasteiger partial charge is 0.00723 e. The van der Waals surface area contributed by atoms with Crippen molar-refractivity contribution in [1.29, 1.82) is 0 Å². The van der Waals surface area contributed by atoms with E-state index in [9.17, 15) is 0 Å². The molecule has 0 aliphatic carbocycles. The van der Waals surface area contributed by atoms with Gasteiger partial charge < -0.3 is 10.6 Å². The number of nitrogens with zero attached hydrogens (tertiary/aromatic N) is 1. The van der Waals surface area contributed by atoms with Crippen molar-refractivity contribution in [3.63, 3.8) is 0 Å². The fourth-order valence-corrected chi connectivity index (χ4v) is 2.51. The molecule has 0 aromatic carbocycles. The first-order valence-electron chi connectivity index (χ1n) is 5.64. The minimum atomic E-state index is 0.319. The standard InChI is InChI=1S/C11H24N2S/c1-11(2,10-12)4-6-13-5-3-8-14-9-7-13/h3-10,12H2,1-2H3. The van der Waals surface area contributed by atoms with E-state index in [0.29, 0.717) is 5.41 Å². The van der Waals surface area contributed by atoms with Crippen LogP contribution in [0.25, 0.3) is 0 Å². The van der Waals surface area contributed by atoms with Crippen molar-refractivity contribution in [3.05, 3.63) is 0 Å². The Bertz CT molecular complexity index is 151. The maximum absolute atomic E-state index is 5.73. The Morgan fingerprint density at radius 3 is 2.79 bits per heavy atom. The van der Waals surface area contributed by atoms with Crippen LogP contribution in [0, 0.1) is 5.41 Å². The van der Waals surface area contributed by atoms with Gasteiger partial charge in [0.15, 0.2) is 0 Å². The molecule has 1 aliphatic rings. The molecule has 1 rings (SSSR count). The number of hydrogen-bond donors (Lipinski definition) is 1. The average molecular weight is 216 g/mol. The van der Waals surface area contributed by atoms with Crippen LogP contribution >= 0.6 is 11.8 Å². The van der Waals surface area contributed by atoms with Crippen LogP contribution in [0.1, 0.15) is 26.7 Å². The number of rotatable bonds is 4. The Balaban J connectivity index is 2.22. The molecular formula is C11H24N2S. The van der Waals surface area contributed by atoms with E-state index in [4.69, 9.17) is 5.73 Å². The van der Waals surface area contributed by atoms with Crippen molar-refractivity contribution in [2.45, 2.75) is 26.7 Å². The lowest BCUT2D eigenvalue weighted by Crippen LogP contribution is -2.33. The SMILES string of the molecule is CC(C)(CN)CCN1CCCSCC1. The van der Waals surface area contributed by atoms with E-state index in [1.54, 1.807) is 0 Å². The average Bonchev–Trinajstić information content (AvgIpc) is 2.43. The van der Waals surface area contributed by atoms with Gasteiger partial charge in [-0.1, -0.05) is 13.8 Å². The van der Waals surface area contributed by atoms with Gasteiger partial charge in [-0.2, -0.15) is 11.8 Å². The van der Waals surface area contributed by atoms with Gasteiger partial charge in [0.1, 0.15) is 0 Å². The molecule has 0 amide bonds. The zero-order valence-corrected chi connectivity index (χ0v) is 10.4. The number of thioether (sulfide) groups is 1. The van der Waals surface area contributed by atoms with E-state index in [0.717, 1.165) is 6.54 Å². The second kappa shape index (κ2) is 5.99. The summed E-state index contributed by atoms with van der Waals surface area (Å²) in [5.41, 5.74) is 6.05. The topological polar surface area (TPSA) is 29.3 Å². The Morgan fingerprint density at radius 2 is 2.07 bits per heavy atom. The summed E-state index contributed by atoms with van der Waals surface area (Å²) in [5, 5.41) is 0. The molecular weight excluding hydrogens is 192 g/mol. The molecule has 1 heterocycles. The molecule has 0 radical (unpaired) electrons. The maximum Gasteiger partial charge on any atom is 0.00723 e. The highest BCUT2D eigenvalue weighted by Gasteiger charge is 2.17. The fourth-order valence-electron chi connectivity index (χ4n) is 1.58. The Kier molecular flexibility index (Phi) is 5.28. The van der Waals surface area contributed by atoms with Gasteiger partial charge in [-0.05, 0) is 43.6 Å². The largest absolute Gasteiger partial charge is 0.330 e. The molecule has 1 fully saturated rings. The van der Waals surface area contributed by atoms with Crippen LogP contribution < -0.4 is 5.73 Å². The first kappa shape index (κ1) is 12.3. The summed E-state index contributed by atoms with van der Waals surface area (Å²) >= 11 is 2.09. The normalized spacial score (nSPS) is 20.8. The Hall–Kier alpha value is 0.270. The zero-order chi connectivity index (χ0) is 10.4. The fraction of sp³-hybridized carbons (Fsp3) is 1.00. The third-order valence-electron chi connectivity index (χ3n) is 2.97. The summed E-state index contributed by atoms with van der Waals surface area (Å²) in [6, 6.07) is 0. The van der Waals surface area contributed by atoms with Gasteiger partial charge in [0.2, 0.25) is 0 Å².